The number of hydrogen-bond acceptors (Lipinski definition) is 3. The molecule has 0 aliphatic heterocycles. The van der Waals surface area contributed by atoms with E-state index in [-0.39, 0.29) is 12.4 Å². The maximum atomic E-state index is 11.7. The summed E-state index contributed by atoms with van der Waals surface area (Å²) < 4.78 is 11.4. The molecule has 0 bridgehead atoms. The van der Waals surface area contributed by atoms with Crippen LogP contribution in [0.3, 0.4) is 0 Å². The number of esters is 1. The first kappa shape index (κ1) is 14.0. The van der Waals surface area contributed by atoms with E-state index in [1.807, 2.05) is 39.0 Å². The van der Waals surface area contributed by atoms with Gasteiger partial charge in [0.05, 0.1) is 18.0 Å². The van der Waals surface area contributed by atoms with Gasteiger partial charge in [-0.25, -0.2) is 0 Å². The molecule has 17 heavy (non-hydrogen) atoms. The van der Waals surface area contributed by atoms with Crippen molar-refractivity contribution in [2.24, 2.45) is 0 Å². The minimum Gasteiger partial charge on any atom is -0.495 e. The number of carbonyl (C=O) groups is 1. The number of benzene rings is 1. The fourth-order valence-corrected chi connectivity index (χ4v) is 2.02. The Kier molecular flexibility index (Phi) is 4.57. The van der Waals surface area contributed by atoms with Crippen molar-refractivity contribution < 1.29 is 14.3 Å². The van der Waals surface area contributed by atoms with Crippen molar-refractivity contribution in [3.05, 3.63) is 28.2 Å². The summed E-state index contributed by atoms with van der Waals surface area (Å²) in [5.74, 6) is 0.423. The van der Waals surface area contributed by atoms with Crippen LogP contribution >= 0.6 is 15.9 Å². The van der Waals surface area contributed by atoms with Crippen molar-refractivity contribution in [3.63, 3.8) is 0 Å². The third-order valence-electron chi connectivity index (χ3n) is 2.01. The van der Waals surface area contributed by atoms with Gasteiger partial charge >= 0.3 is 5.97 Å². The summed E-state index contributed by atoms with van der Waals surface area (Å²) in [6, 6.07) is 5.59. The third-order valence-corrected chi connectivity index (χ3v) is 2.63. The quantitative estimate of drug-likeness (QED) is 0.803. The number of carbonyl (C=O) groups excluding carboxylic acids is 1. The molecule has 94 valence electrons. The number of methoxy groups -OCH3 is 1. The van der Waals surface area contributed by atoms with Crippen molar-refractivity contribution in [1.29, 1.82) is 0 Å². The molecule has 0 unspecified atom stereocenters. The summed E-state index contributed by atoms with van der Waals surface area (Å²) in [6.45, 7) is 5.55. The molecule has 1 rings (SSSR count). The second kappa shape index (κ2) is 5.54. The molecule has 0 fully saturated rings. The molecular weight excluding hydrogens is 284 g/mol. The summed E-state index contributed by atoms with van der Waals surface area (Å²) >= 11 is 3.38. The molecule has 0 radical (unpaired) electrons. The Morgan fingerprint density at radius 3 is 2.53 bits per heavy atom. The standard InChI is InChI=1S/C13H17BrO3/c1-13(2,3)17-11(15)8-9-6-5-7-10(14)12(9)16-4/h5-7H,8H2,1-4H3. The van der Waals surface area contributed by atoms with Gasteiger partial charge in [-0.05, 0) is 42.8 Å². The number of ether oxygens (including phenoxy) is 2. The van der Waals surface area contributed by atoms with Crippen LogP contribution in [0.15, 0.2) is 22.7 Å². The SMILES string of the molecule is COc1c(Br)cccc1CC(=O)OC(C)(C)C. The molecule has 0 N–H and O–H groups in total. The Morgan fingerprint density at radius 1 is 1.35 bits per heavy atom. The van der Waals surface area contributed by atoms with Gasteiger partial charge in [0.25, 0.3) is 0 Å². The van der Waals surface area contributed by atoms with Crippen molar-refractivity contribution >= 4 is 21.9 Å². The molecule has 1 aromatic carbocycles. The van der Waals surface area contributed by atoms with Gasteiger partial charge in [0.1, 0.15) is 11.4 Å². The number of halogens is 1. The van der Waals surface area contributed by atoms with E-state index in [0.717, 1.165) is 10.0 Å². The third kappa shape index (κ3) is 4.38. The molecule has 0 spiro atoms. The first-order valence-corrected chi connectivity index (χ1v) is 6.16. The average molecular weight is 301 g/mol. The van der Waals surface area contributed by atoms with E-state index in [2.05, 4.69) is 15.9 Å². The Bertz CT molecular complexity index is 408. The first-order chi connectivity index (χ1) is 7.83. The summed E-state index contributed by atoms with van der Waals surface area (Å²) in [5.41, 5.74) is 0.354. The second-order valence-electron chi connectivity index (χ2n) is 4.70. The van der Waals surface area contributed by atoms with E-state index in [4.69, 9.17) is 9.47 Å². The van der Waals surface area contributed by atoms with E-state index in [0.29, 0.717) is 5.75 Å². The topological polar surface area (TPSA) is 35.5 Å². The largest absolute Gasteiger partial charge is 0.495 e. The van der Waals surface area contributed by atoms with E-state index >= 15 is 0 Å². The van der Waals surface area contributed by atoms with Crippen LogP contribution in [0.1, 0.15) is 26.3 Å². The lowest BCUT2D eigenvalue weighted by Crippen LogP contribution is -2.25. The van der Waals surface area contributed by atoms with Crippen molar-refractivity contribution in [2.75, 3.05) is 7.11 Å². The number of hydrogen-bond donors (Lipinski definition) is 0. The monoisotopic (exact) mass is 300 g/mol. The minimum absolute atomic E-state index is 0.208. The molecule has 0 aliphatic rings. The highest BCUT2D eigenvalue weighted by atomic mass is 79.9. The van der Waals surface area contributed by atoms with E-state index < -0.39 is 5.60 Å². The second-order valence-corrected chi connectivity index (χ2v) is 5.55. The van der Waals surface area contributed by atoms with Crippen LogP contribution in [0, 0.1) is 0 Å². The summed E-state index contributed by atoms with van der Waals surface area (Å²) in [7, 11) is 1.58. The number of para-hydroxylation sites is 1. The summed E-state index contributed by atoms with van der Waals surface area (Å²) in [5, 5.41) is 0. The fourth-order valence-electron chi connectivity index (χ4n) is 1.45. The fraction of sp³-hybridized carbons (Fsp3) is 0.462. The minimum atomic E-state index is -0.462. The highest BCUT2D eigenvalue weighted by Crippen LogP contribution is 2.29. The van der Waals surface area contributed by atoms with Crippen LogP contribution in [0.5, 0.6) is 5.75 Å². The zero-order valence-electron chi connectivity index (χ0n) is 10.5. The Balaban J connectivity index is 2.82. The van der Waals surface area contributed by atoms with Crippen LogP contribution in [-0.4, -0.2) is 18.7 Å². The van der Waals surface area contributed by atoms with Crippen LogP contribution < -0.4 is 4.74 Å². The highest BCUT2D eigenvalue weighted by molar-refractivity contribution is 9.10. The molecule has 0 aromatic heterocycles. The summed E-state index contributed by atoms with van der Waals surface area (Å²) in [4.78, 5) is 11.7. The molecule has 1 aromatic rings. The normalized spacial score (nSPS) is 11.1. The summed E-state index contributed by atoms with van der Waals surface area (Å²) in [6.07, 6.45) is 0.208. The predicted molar refractivity (Wildman–Crippen MR) is 70.2 cm³/mol. The predicted octanol–water partition coefficient (Wildman–Crippen LogP) is 3.34. The van der Waals surface area contributed by atoms with Crippen molar-refractivity contribution in [1.82, 2.24) is 0 Å². The molecule has 0 aliphatic carbocycles. The van der Waals surface area contributed by atoms with Gasteiger partial charge in [-0.1, -0.05) is 12.1 Å². The highest BCUT2D eigenvalue weighted by Gasteiger charge is 2.18. The zero-order chi connectivity index (χ0) is 13.1. The van der Waals surface area contributed by atoms with Gasteiger partial charge in [-0.3, -0.25) is 4.79 Å². The maximum Gasteiger partial charge on any atom is 0.310 e. The van der Waals surface area contributed by atoms with E-state index in [1.165, 1.54) is 0 Å². The van der Waals surface area contributed by atoms with Gasteiger partial charge in [-0.2, -0.15) is 0 Å². The molecule has 0 saturated carbocycles. The van der Waals surface area contributed by atoms with E-state index in [1.54, 1.807) is 7.11 Å². The van der Waals surface area contributed by atoms with Crippen LogP contribution in [0.4, 0.5) is 0 Å². The van der Waals surface area contributed by atoms with Gasteiger partial charge in [0, 0.05) is 5.56 Å². The maximum absolute atomic E-state index is 11.7. The smallest absolute Gasteiger partial charge is 0.310 e. The van der Waals surface area contributed by atoms with Crippen LogP contribution in [0.25, 0.3) is 0 Å². The average Bonchev–Trinajstić information content (AvgIpc) is 2.14. The lowest BCUT2D eigenvalue weighted by atomic mass is 10.1. The lowest BCUT2D eigenvalue weighted by molar-refractivity contribution is -0.153. The van der Waals surface area contributed by atoms with Crippen LogP contribution in [0.2, 0.25) is 0 Å². The van der Waals surface area contributed by atoms with Crippen molar-refractivity contribution in [2.45, 2.75) is 32.8 Å². The van der Waals surface area contributed by atoms with Crippen LogP contribution in [-0.2, 0) is 16.0 Å². The molecule has 0 saturated heterocycles. The zero-order valence-corrected chi connectivity index (χ0v) is 12.1. The Labute approximate surface area is 110 Å². The first-order valence-electron chi connectivity index (χ1n) is 5.36. The lowest BCUT2D eigenvalue weighted by Gasteiger charge is -2.20. The molecule has 0 heterocycles. The Hall–Kier alpha value is -1.03. The molecule has 4 heteroatoms. The molecule has 0 amide bonds. The molecule has 0 atom stereocenters. The van der Waals surface area contributed by atoms with Crippen molar-refractivity contribution in [3.8, 4) is 5.75 Å². The number of rotatable bonds is 3. The van der Waals surface area contributed by atoms with Gasteiger partial charge in [-0.15, -0.1) is 0 Å². The van der Waals surface area contributed by atoms with Gasteiger partial charge < -0.3 is 9.47 Å². The van der Waals surface area contributed by atoms with Gasteiger partial charge in [0.2, 0.25) is 0 Å². The van der Waals surface area contributed by atoms with Gasteiger partial charge in [0.15, 0.2) is 0 Å². The molecular formula is C13H17BrO3. The Morgan fingerprint density at radius 2 is 2.00 bits per heavy atom. The van der Waals surface area contributed by atoms with E-state index in [9.17, 15) is 4.79 Å². The molecule has 3 nitrogen and oxygen atoms in total.